The fraction of sp³-hybridized carbons (Fsp3) is 0.800. The standard InChI is InChI=1S/C5H11B4N2O3P/c1-11(9(6)7)15(14-8)13-4-2-3-10-5-12/h5H,2-4H2,1H3,(H,10,12)/i5D. The minimum atomic E-state index is -1.49. The summed E-state index contributed by atoms with van der Waals surface area (Å²) in [5.74, 6) is 0. The van der Waals surface area contributed by atoms with E-state index in [1.165, 1.54) is 4.58 Å². The normalized spacial score (nSPS) is 13.3. The highest BCUT2D eigenvalue weighted by molar-refractivity contribution is 7.51. The van der Waals surface area contributed by atoms with Gasteiger partial charge in [0.25, 0.3) is 8.05 Å². The lowest BCUT2D eigenvalue weighted by Crippen LogP contribution is -2.34. The molecule has 0 aliphatic rings. The van der Waals surface area contributed by atoms with E-state index in [-0.39, 0.29) is 0 Å². The zero-order valence-electron chi connectivity index (χ0n) is 9.55. The Morgan fingerprint density at radius 2 is 2.40 bits per heavy atom. The van der Waals surface area contributed by atoms with Crippen LogP contribution >= 0.6 is 8.53 Å². The summed E-state index contributed by atoms with van der Waals surface area (Å²) in [6, 6.07) is 0. The van der Waals surface area contributed by atoms with Gasteiger partial charge in [0.15, 0.2) is 0 Å². The summed E-state index contributed by atoms with van der Waals surface area (Å²) in [6.07, 6.45) is -0.279. The number of hydrogen-bond acceptors (Lipinski definition) is 4. The van der Waals surface area contributed by atoms with Crippen molar-refractivity contribution in [2.45, 2.75) is 6.42 Å². The molecule has 1 atom stereocenters. The molecule has 0 aromatic heterocycles. The van der Waals surface area contributed by atoms with Crippen molar-refractivity contribution in [2.75, 3.05) is 20.2 Å². The van der Waals surface area contributed by atoms with E-state index in [0.29, 0.717) is 19.6 Å². The Kier molecular flexibility index (Phi) is 8.11. The molecule has 0 spiro atoms. The maximum atomic E-state index is 10.2. The second-order valence-electron chi connectivity index (χ2n) is 2.62. The Labute approximate surface area is 97.3 Å². The van der Waals surface area contributed by atoms with Crippen LogP contribution in [0.3, 0.4) is 0 Å². The van der Waals surface area contributed by atoms with Crippen LogP contribution in [0.1, 0.15) is 7.79 Å². The number of rotatable bonds is 8. The average Bonchev–Trinajstić information content (AvgIpc) is 2.22. The van der Waals surface area contributed by atoms with Gasteiger partial charge in [-0.3, -0.25) is 9.38 Å². The molecule has 10 heteroatoms. The smallest absolute Gasteiger partial charge is 0.293 e. The SMILES string of the molecule is [2H]C(=O)NCCCOP(O[B])N(C)B([B])[B]. The van der Waals surface area contributed by atoms with E-state index in [2.05, 4.69) is 9.76 Å². The molecule has 0 aromatic carbocycles. The fourth-order valence-corrected chi connectivity index (χ4v) is 1.55. The number of carbonyl (C=O) groups is 1. The number of nitrogens with one attached hydrogen (secondary N) is 1. The van der Waals surface area contributed by atoms with Gasteiger partial charge in [0.2, 0.25) is 14.9 Å². The van der Waals surface area contributed by atoms with Crippen molar-refractivity contribution in [1.82, 2.24) is 9.90 Å². The van der Waals surface area contributed by atoms with E-state index in [1.54, 1.807) is 7.05 Å². The summed E-state index contributed by atoms with van der Waals surface area (Å²) in [7, 11) is 16.0. The van der Waals surface area contributed by atoms with Crippen molar-refractivity contribution >= 4 is 45.1 Å². The minimum absolute atomic E-state index is 0.320. The van der Waals surface area contributed by atoms with Crippen LogP contribution in [0.5, 0.6) is 0 Å². The van der Waals surface area contributed by atoms with Gasteiger partial charge < -0.3 is 14.3 Å². The molecule has 0 bridgehead atoms. The molecular formula is C5H11B4N2O3P. The molecule has 76 valence electrons. The molecule has 0 saturated heterocycles. The highest BCUT2D eigenvalue weighted by Gasteiger charge is 2.18. The first kappa shape index (κ1) is 13.1. The van der Waals surface area contributed by atoms with Crippen molar-refractivity contribution < 1.29 is 15.1 Å². The second-order valence-corrected chi connectivity index (χ2v) is 4.20. The summed E-state index contributed by atoms with van der Waals surface area (Å²) >= 11 is 0. The molecule has 1 N–H and O–H groups in total. The summed E-state index contributed by atoms with van der Waals surface area (Å²) < 4.78 is 17.9. The summed E-state index contributed by atoms with van der Waals surface area (Å²) in [4.78, 5) is 10.2. The van der Waals surface area contributed by atoms with Gasteiger partial charge in [0.1, 0.15) is 8.00 Å². The first-order valence-electron chi connectivity index (χ1n) is 4.77. The number of nitrogens with zero attached hydrogens (tertiary/aromatic N) is 1. The molecule has 5 nitrogen and oxygen atoms in total. The van der Waals surface area contributed by atoms with Gasteiger partial charge in [0.05, 0.1) is 6.61 Å². The fourth-order valence-electron chi connectivity index (χ4n) is 0.659. The number of hydrogen-bond donors (Lipinski definition) is 1. The zero-order valence-corrected chi connectivity index (χ0v) is 9.44. The minimum Gasteiger partial charge on any atom is -0.397 e. The van der Waals surface area contributed by atoms with Gasteiger partial charge >= 0.3 is 0 Å². The number of amides is 1. The van der Waals surface area contributed by atoms with Crippen LogP contribution in [0.15, 0.2) is 0 Å². The predicted octanol–water partition coefficient (Wildman–Crippen LogP) is -1.28. The molecular weight excluding hydrogens is 210 g/mol. The Morgan fingerprint density at radius 1 is 1.73 bits per heavy atom. The monoisotopic (exact) mass is 223 g/mol. The van der Waals surface area contributed by atoms with Crippen LogP contribution in [0, 0.1) is 0 Å². The third-order valence-electron chi connectivity index (χ3n) is 1.50. The van der Waals surface area contributed by atoms with Gasteiger partial charge in [-0.2, -0.15) is 0 Å². The van der Waals surface area contributed by atoms with Crippen LogP contribution in [0.4, 0.5) is 0 Å². The van der Waals surface area contributed by atoms with E-state index >= 15 is 0 Å². The maximum Gasteiger partial charge on any atom is 0.293 e. The van der Waals surface area contributed by atoms with Crippen molar-refractivity contribution in [3.63, 3.8) is 0 Å². The Balaban J connectivity index is 3.67. The predicted molar refractivity (Wildman–Crippen MR) is 63.4 cm³/mol. The summed E-state index contributed by atoms with van der Waals surface area (Å²) in [5.41, 5.74) is 0. The topological polar surface area (TPSA) is 50.8 Å². The summed E-state index contributed by atoms with van der Waals surface area (Å²) in [6.45, 7) is -0.0445. The molecule has 0 rings (SSSR count). The lowest BCUT2D eigenvalue weighted by Gasteiger charge is -2.28. The van der Waals surface area contributed by atoms with Gasteiger partial charge in [-0.05, 0) is 13.5 Å². The zero-order chi connectivity index (χ0) is 12.6. The Hall–Kier alpha value is 0.0397. The van der Waals surface area contributed by atoms with Gasteiger partial charge in [-0.1, -0.05) is 0 Å². The van der Waals surface area contributed by atoms with E-state index in [1.807, 2.05) is 0 Å². The average molecular weight is 222 g/mol. The van der Waals surface area contributed by atoms with E-state index in [4.69, 9.17) is 29.4 Å². The highest BCUT2D eigenvalue weighted by atomic mass is 31.2. The molecule has 1 amide bonds. The molecule has 0 aliphatic carbocycles. The molecule has 0 heterocycles. The van der Waals surface area contributed by atoms with Crippen molar-refractivity contribution in [3.05, 3.63) is 0 Å². The van der Waals surface area contributed by atoms with Crippen molar-refractivity contribution in [2.24, 2.45) is 0 Å². The maximum absolute atomic E-state index is 10.2. The molecule has 15 heavy (non-hydrogen) atoms. The third-order valence-corrected chi connectivity index (χ3v) is 2.86. The van der Waals surface area contributed by atoms with E-state index in [0.717, 1.165) is 0 Å². The van der Waals surface area contributed by atoms with Gasteiger partial charge in [0, 0.05) is 22.0 Å². The van der Waals surface area contributed by atoms with E-state index < -0.39 is 21.5 Å². The third kappa shape index (κ3) is 7.01. The van der Waals surface area contributed by atoms with Crippen LogP contribution in [0.25, 0.3) is 0 Å². The van der Waals surface area contributed by atoms with Gasteiger partial charge in [-0.25, -0.2) is 0 Å². The Bertz CT molecular complexity index is 216. The highest BCUT2D eigenvalue weighted by Crippen LogP contribution is 2.39. The van der Waals surface area contributed by atoms with Crippen LogP contribution in [-0.4, -0.2) is 61.3 Å². The first-order valence-corrected chi connectivity index (χ1v) is 5.40. The largest absolute Gasteiger partial charge is 0.397 e. The second kappa shape index (κ2) is 9.28. The molecule has 6 radical (unpaired) electrons. The first-order chi connectivity index (χ1) is 7.49. The Morgan fingerprint density at radius 3 is 2.87 bits per heavy atom. The van der Waals surface area contributed by atoms with Crippen LogP contribution in [-0.2, 0) is 13.8 Å². The number of carbonyl (C=O) groups excluding carboxylic acids is 1. The molecule has 0 aromatic rings. The molecule has 0 saturated carbocycles. The summed E-state index contributed by atoms with van der Waals surface area (Å²) in [5, 5.41) is 2.31. The quantitative estimate of drug-likeness (QED) is 0.241. The van der Waals surface area contributed by atoms with Crippen LogP contribution < -0.4 is 5.32 Å². The molecule has 1 unspecified atom stereocenters. The van der Waals surface area contributed by atoms with Gasteiger partial charge in [-0.15, -0.1) is 0 Å². The molecule has 0 aliphatic heterocycles. The molecule has 0 fully saturated rings. The van der Waals surface area contributed by atoms with Crippen molar-refractivity contribution in [3.8, 4) is 0 Å². The lowest BCUT2D eigenvalue weighted by atomic mass is 9.28. The van der Waals surface area contributed by atoms with E-state index in [9.17, 15) is 4.79 Å². The van der Waals surface area contributed by atoms with Crippen molar-refractivity contribution in [1.29, 1.82) is 0 Å². The van der Waals surface area contributed by atoms with Crippen LogP contribution in [0.2, 0.25) is 0 Å². The lowest BCUT2D eigenvalue weighted by molar-refractivity contribution is -0.109.